The van der Waals surface area contributed by atoms with Crippen LogP contribution in [0.4, 0.5) is 0 Å². The molecule has 0 saturated heterocycles. The van der Waals surface area contributed by atoms with E-state index in [0.717, 1.165) is 0 Å². The molecule has 2 rings (SSSR count). The summed E-state index contributed by atoms with van der Waals surface area (Å²) in [6.45, 7) is 0. The van der Waals surface area contributed by atoms with Crippen molar-refractivity contribution in [2.24, 2.45) is 0 Å². The second-order valence-electron chi connectivity index (χ2n) is 2.78. The van der Waals surface area contributed by atoms with Crippen LogP contribution in [-0.4, -0.2) is 21.4 Å². The van der Waals surface area contributed by atoms with Gasteiger partial charge in [0.2, 0.25) is 5.69 Å². The average molecular weight is 225 g/mol. The molecule has 0 unspecified atom stereocenters. The molecule has 0 spiro atoms. The maximum atomic E-state index is 10.7. The summed E-state index contributed by atoms with van der Waals surface area (Å²) in [5.41, 5.74) is 0.503. The Morgan fingerprint density at radius 3 is 2.87 bits per heavy atom. The molecular weight excluding hydrogens is 220 g/mol. The van der Waals surface area contributed by atoms with Crippen molar-refractivity contribution in [1.82, 2.24) is 10.3 Å². The molecule has 1 aromatic heterocycles. The van der Waals surface area contributed by atoms with Crippen molar-refractivity contribution in [2.45, 2.75) is 0 Å². The summed E-state index contributed by atoms with van der Waals surface area (Å²) in [7, 11) is 0. The van der Waals surface area contributed by atoms with Crippen LogP contribution >= 0.6 is 11.6 Å². The van der Waals surface area contributed by atoms with Gasteiger partial charge in [0.25, 0.3) is 0 Å². The van der Waals surface area contributed by atoms with Crippen molar-refractivity contribution in [3.05, 3.63) is 35.0 Å². The molecule has 2 aromatic rings. The van der Waals surface area contributed by atoms with Crippen LogP contribution in [0.15, 0.2) is 28.9 Å². The molecule has 1 aromatic carbocycles. The molecule has 0 amide bonds. The number of benzene rings is 1. The molecule has 0 aliphatic rings. The zero-order valence-electron chi connectivity index (χ0n) is 7.35. The van der Waals surface area contributed by atoms with Gasteiger partial charge in [0.15, 0.2) is 0 Å². The molecule has 0 saturated carbocycles. The normalized spacial score (nSPS) is 10.2. The van der Waals surface area contributed by atoms with Gasteiger partial charge >= 0.3 is 5.97 Å². The minimum atomic E-state index is -1.19. The number of hydrogen-bond acceptors (Lipinski definition) is 4. The Balaban J connectivity index is 2.54. The maximum Gasteiger partial charge on any atom is 0.360 e. The molecule has 5 nitrogen and oxygen atoms in total. The summed E-state index contributed by atoms with van der Waals surface area (Å²) in [5.74, 6) is -1.19. The Morgan fingerprint density at radius 1 is 1.40 bits per heavy atom. The van der Waals surface area contributed by atoms with Crippen molar-refractivity contribution >= 4 is 17.6 Å². The summed E-state index contributed by atoms with van der Waals surface area (Å²) >= 11 is 5.77. The highest BCUT2D eigenvalue weighted by molar-refractivity contribution is 6.30. The van der Waals surface area contributed by atoms with Gasteiger partial charge in [0.1, 0.15) is 5.69 Å². The molecule has 6 heteroatoms. The fourth-order valence-corrected chi connectivity index (χ4v) is 1.34. The fraction of sp³-hybridized carbons (Fsp3) is 0. The predicted molar refractivity (Wildman–Crippen MR) is 51.7 cm³/mol. The summed E-state index contributed by atoms with van der Waals surface area (Å²) in [5, 5.41) is 16.1. The molecule has 0 fully saturated rings. The lowest BCUT2D eigenvalue weighted by molar-refractivity contribution is 0.0685. The van der Waals surface area contributed by atoms with E-state index in [0.29, 0.717) is 10.6 Å². The lowest BCUT2D eigenvalue weighted by Gasteiger charge is -1.96. The van der Waals surface area contributed by atoms with Gasteiger partial charge < -0.3 is 5.11 Å². The smallest absolute Gasteiger partial charge is 0.360 e. The highest BCUT2D eigenvalue weighted by Crippen LogP contribution is 2.23. The lowest BCUT2D eigenvalue weighted by atomic mass is 10.1. The minimum Gasteiger partial charge on any atom is -0.476 e. The maximum absolute atomic E-state index is 10.7. The van der Waals surface area contributed by atoms with Gasteiger partial charge in [-0.25, -0.2) is 9.42 Å². The van der Waals surface area contributed by atoms with Crippen LogP contribution < -0.4 is 0 Å². The zero-order chi connectivity index (χ0) is 10.8. The quantitative estimate of drug-likeness (QED) is 0.845. The third-order valence-corrected chi connectivity index (χ3v) is 2.02. The first-order valence-electron chi connectivity index (χ1n) is 4.00. The van der Waals surface area contributed by atoms with Gasteiger partial charge in [-0.05, 0) is 22.4 Å². The summed E-state index contributed by atoms with van der Waals surface area (Å²) in [4.78, 5) is 10.7. The molecule has 0 aliphatic heterocycles. The molecule has 0 radical (unpaired) electrons. The summed E-state index contributed by atoms with van der Waals surface area (Å²) in [6.07, 6.45) is 0. The van der Waals surface area contributed by atoms with E-state index in [4.69, 9.17) is 16.7 Å². The Hall–Kier alpha value is -1.88. The molecule has 15 heavy (non-hydrogen) atoms. The van der Waals surface area contributed by atoms with Crippen LogP contribution in [0.3, 0.4) is 0 Å². The van der Waals surface area contributed by atoms with E-state index >= 15 is 0 Å². The standard InChI is InChI=1S/C9H5ClN2O3/c10-6-3-1-2-5(4-6)7-8(9(13)14)12-15-11-7/h1-4H,(H,13,14). The van der Waals surface area contributed by atoms with Crippen molar-refractivity contribution in [2.75, 3.05) is 0 Å². The van der Waals surface area contributed by atoms with Gasteiger partial charge in [0.05, 0.1) is 0 Å². The second-order valence-corrected chi connectivity index (χ2v) is 3.21. The first-order valence-corrected chi connectivity index (χ1v) is 4.38. The average Bonchev–Trinajstić information content (AvgIpc) is 2.65. The Labute approximate surface area is 89.2 Å². The number of carboxylic acid groups (broad SMARTS) is 1. The first-order chi connectivity index (χ1) is 7.18. The third kappa shape index (κ3) is 1.82. The van der Waals surface area contributed by atoms with Crippen LogP contribution in [0.2, 0.25) is 5.02 Å². The minimum absolute atomic E-state index is 0.171. The zero-order valence-corrected chi connectivity index (χ0v) is 8.10. The molecule has 0 aliphatic carbocycles. The summed E-state index contributed by atoms with van der Waals surface area (Å²) < 4.78 is 4.38. The molecule has 0 atom stereocenters. The molecule has 0 bridgehead atoms. The van der Waals surface area contributed by atoms with Crippen LogP contribution in [-0.2, 0) is 0 Å². The lowest BCUT2D eigenvalue weighted by Crippen LogP contribution is -1.98. The number of halogens is 1. The Kier molecular flexibility index (Phi) is 2.39. The first kappa shape index (κ1) is 9.67. The van der Waals surface area contributed by atoms with Crippen LogP contribution in [0.25, 0.3) is 11.3 Å². The van der Waals surface area contributed by atoms with Crippen LogP contribution in [0, 0.1) is 0 Å². The van der Waals surface area contributed by atoms with Crippen molar-refractivity contribution < 1.29 is 14.5 Å². The van der Waals surface area contributed by atoms with Crippen LogP contribution in [0.5, 0.6) is 0 Å². The highest BCUT2D eigenvalue weighted by atomic mass is 35.5. The van der Waals surface area contributed by atoms with E-state index in [-0.39, 0.29) is 11.4 Å². The number of carbonyl (C=O) groups is 1. The van der Waals surface area contributed by atoms with Gasteiger partial charge in [0, 0.05) is 10.6 Å². The van der Waals surface area contributed by atoms with E-state index in [1.807, 2.05) is 0 Å². The Bertz CT molecular complexity index is 510. The van der Waals surface area contributed by atoms with E-state index in [9.17, 15) is 4.79 Å². The third-order valence-electron chi connectivity index (χ3n) is 1.79. The topological polar surface area (TPSA) is 76.2 Å². The molecule has 76 valence electrons. The molecular formula is C9H5ClN2O3. The molecule has 1 heterocycles. The van der Waals surface area contributed by atoms with Gasteiger partial charge in [-0.1, -0.05) is 23.7 Å². The largest absolute Gasteiger partial charge is 0.476 e. The highest BCUT2D eigenvalue weighted by Gasteiger charge is 2.18. The second kappa shape index (κ2) is 3.70. The van der Waals surface area contributed by atoms with Crippen LogP contribution in [0.1, 0.15) is 10.5 Å². The van der Waals surface area contributed by atoms with E-state index in [2.05, 4.69) is 14.9 Å². The van der Waals surface area contributed by atoms with E-state index in [1.165, 1.54) is 0 Å². The van der Waals surface area contributed by atoms with Gasteiger partial charge in [-0.3, -0.25) is 0 Å². The van der Waals surface area contributed by atoms with Gasteiger partial charge in [-0.2, -0.15) is 0 Å². The van der Waals surface area contributed by atoms with E-state index < -0.39 is 5.97 Å². The Morgan fingerprint density at radius 2 is 2.20 bits per heavy atom. The van der Waals surface area contributed by atoms with Crippen molar-refractivity contribution in [3.8, 4) is 11.3 Å². The number of hydrogen-bond donors (Lipinski definition) is 1. The number of aromatic nitrogens is 2. The number of nitrogens with zero attached hydrogens (tertiary/aromatic N) is 2. The SMILES string of the molecule is O=C(O)c1nonc1-c1cccc(Cl)c1. The van der Waals surface area contributed by atoms with Gasteiger partial charge in [-0.15, -0.1) is 0 Å². The summed E-state index contributed by atoms with van der Waals surface area (Å²) in [6, 6.07) is 6.64. The number of aromatic carboxylic acids is 1. The predicted octanol–water partition coefficient (Wildman–Crippen LogP) is 2.09. The van der Waals surface area contributed by atoms with E-state index in [1.54, 1.807) is 24.3 Å². The molecule has 1 N–H and O–H groups in total. The number of carboxylic acids is 1. The fourth-order valence-electron chi connectivity index (χ4n) is 1.15. The van der Waals surface area contributed by atoms with Crippen molar-refractivity contribution in [3.63, 3.8) is 0 Å². The monoisotopic (exact) mass is 224 g/mol. The number of rotatable bonds is 2. The van der Waals surface area contributed by atoms with Crippen molar-refractivity contribution in [1.29, 1.82) is 0 Å².